The lowest BCUT2D eigenvalue weighted by Crippen LogP contribution is -2.28. The summed E-state index contributed by atoms with van der Waals surface area (Å²) in [7, 11) is 0. The van der Waals surface area contributed by atoms with Gasteiger partial charge in [0.25, 0.3) is 12.3 Å². The number of imidazole rings is 1. The lowest BCUT2D eigenvalue weighted by atomic mass is 10.0. The van der Waals surface area contributed by atoms with Crippen molar-refractivity contribution in [3.63, 3.8) is 0 Å². The molecule has 7 heteroatoms. The second-order valence-electron chi connectivity index (χ2n) is 5.64. The van der Waals surface area contributed by atoms with Gasteiger partial charge in [-0.2, -0.15) is 0 Å². The highest BCUT2D eigenvalue weighted by Gasteiger charge is 2.17. The van der Waals surface area contributed by atoms with Gasteiger partial charge in [-0.3, -0.25) is 4.79 Å². The van der Waals surface area contributed by atoms with Gasteiger partial charge >= 0.3 is 0 Å². The third-order valence-electron chi connectivity index (χ3n) is 3.96. The molecule has 1 atom stereocenters. The first-order valence-corrected chi connectivity index (χ1v) is 8.61. The van der Waals surface area contributed by atoms with E-state index in [1.165, 1.54) is 6.07 Å². The molecule has 0 fully saturated rings. The Hall–Kier alpha value is -2.28. The number of fused-ring (bicyclic) bond motifs is 1. The summed E-state index contributed by atoms with van der Waals surface area (Å²) in [6, 6.07) is 12.3. The molecule has 2 N–H and O–H groups in total. The van der Waals surface area contributed by atoms with Crippen LogP contribution in [0.2, 0.25) is 0 Å². The number of carbonyl (C=O) groups is 1. The maximum absolute atomic E-state index is 12.7. The van der Waals surface area contributed by atoms with Crippen LogP contribution < -0.4 is 5.32 Å². The molecule has 0 aliphatic heterocycles. The number of nitrogens with one attached hydrogen (secondary N) is 2. The summed E-state index contributed by atoms with van der Waals surface area (Å²) in [6.07, 6.45) is -1.94. The predicted molar refractivity (Wildman–Crippen MR) is 95.7 cm³/mol. The van der Waals surface area contributed by atoms with Gasteiger partial charge in [-0.15, -0.1) is 0 Å². The molecule has 1 heterocycles. The Kier molecular flexibility index (Phi) is 5.13. The fraction of sp³-hybridized carbons (Fsp3) is 0.222. The van der Waals surface area contributed by atoms with E-state index >= 15 is 0 Å². The van der Waals surface area contributed by atoms with E-state index in [1.807, 2.05) is 31.2 Å². The molecule has 1 unspecified atom stereocenters. The van der Waals surface area contributed by atoms with Gasteiger partial charge < -0.3 is 10.3 Å². The minimum Gasteiger partial charge on any atom is -0.345 e. The molecule has 0 saturated heterocycles. The van der Waals surface area contributed by atoms with Crippen LogP contribution in [0.15, 0.2) is 46.9 Å². The van der Waals surface area contributed by atoms with Gasteiger partial charge in [-0.05, 0) is 42.3 Å². The zero-order valence-electron chi connectivity index (χ0n) is 13.4. The molecule has 0 spiro atoms. The topological polar surface area (TPSA) is 57.8 Å². The average molecular weight is 408 g/mol. The standard InChI is InChI=1S/C18H16BrF2N3O/c1-2-13(10-3-6-12(19)7-4-10)24-18(25)11-5-8-14-15(9-11)23-17(22-14)16(20)21/h3-9,13,16H,2H2,1H3,(H,22,23)(H,24,25). The number of amides is 1. The van der Waals surface area contributed by atoms with Crippen molar-refractivity contribution < 1.29 is 13.6 Å². The summed E-state index contributed by atoms with van der Waals surface area (Å²) in [5.41, 5.74) is 2.22. The molecule has 0 aliphatic rings. The van der Waals surface area contributed by atoms with Crippen molar-refractivity contribution in [3.05, 3.63) is 63.9 Å². The van der Waals surface area contributed by atoms with Crippen LogP contribution in [0.25, 0.3) is 11.0 Å². The zero-order chi connectivity index (χ0) is 18.0. The van der Waals surface area contributed by atoms with E-state index in [0.717, 1.165) is 16.5 Å². The second kappa shape index (κ2) is 7.31. The molecule has 0 saturated carbocycles. The van der Waals surface area contributed by atoms with Crippen LogP contribution in [0, 0.1) is 0 Å². The van der Waals surface area contributed by atoms with E-state index in [1.54, 1.807) is 12.1 Å². The first-order valence-electron chi connectivity index (χ1n) is 7.82. The molecule has 0 bridgehead atoms. The summed E-state index contributed by atoms with van der Waals surface area (Å²) in [5.74, 6) is -0.654. The Morgan fingerprint density at radius 2 is 1.96 bits per heavy atom. The lowest BCUT2D eigenvalue weighted by molar-refractivity contribution is 0.0935. The molecule has 25 heavy (non-hydrogen) atoms. The van der Waals surface area contributed by atoms with E-state index in [0.29, 0.717) is 16.6 Å². The number of alkyl halides is 2. The lowest BCUT2D eigenvalue weighted by Gasteiger charge is -2.17. The average Bonchev–Trinajstić information content (AvgIpc) is 3.04. The molecule has 2 aromatic carbocycles. The quantitative estimate of drug-likeness (QED) is 0.614. The highest BCUT2D eigenvalue weighted by Crippen LogP contribution is 2.22. The fourth-order valence-electron chi connectivity index (χ4n) is 2.63. The van der Waals surface area contributed by atoms with Crippen LogP contribution in [0.3, 0.4) is 0 Å². The van der Waals surface area contributed by atoms with Crippen LogP contribution in [0.4, 0.5) is 8.78 Å². The Bertz CT molecular complexity index is 893. The SMILES string of the molecule is CCC(NC(=O)c1ccc2nc(C(F)F)[nH]c2c1)c1ccc(Br)cc1. The Morgan fingerprint density at radius 3 is 2.60 bits per heavy atom. The van der Waals surface area contributed by atoms with Crippen LogP contribution in [-0.4, -0.2) is 15.9 Å². The third kappa shape index (κ3) is 3.87. The monoisotopic (exact) mass is 407 g/mol. The summed E-state index contributed by atoms with van der Waals surface area (Å²) in [6.45, 7) is 1.99. The highest BCUT2D eigenvalue weighted by molar-refractivity contribution is 9.10. The fourth-order valence-corrected chi connectivity index (χ4v) is 2.90. The van der Waals surface area contributed by atoms with Gasteiger partial charge in [0.15, 0.2) is 5.82 Å². The minimum absolute atomic E-state index is 0.130. The van der Waals surface area contributed by atoms with E-state index in [4.69, 9.17) is 0 Å². The van der Waals surface area contributed by atoms with E-state index < -0.39 is 12.2 Å². The number of rotatable bonds is 5. The number of hydrogen-bond acceptors (Lipinski definition) is 2. The van der Waals surface area contributed by atoms with Crippen LogP contribution in [0.5, 0.6) is 0 Å². The number of nitrogens with zero attached hydrogens (tertiary/aromatic N) is 1. The Labute approximate surface area is 151 Å². The summed E-state index contributed by atoms with van der Waals surface area (Å²) < 4.78 is 26.4. The Morgan fingerprint density at radius 1 is 1.24 bits per heavy atom. The first-order chi connectivity index (χ1) is 12.0. The molecule has 0 aliphatic carbocycles. The summed E-state index contributed by atoms with van der Waals surface area (Å²) >= 11 is 3.39. The number of aromatic nitrogens is 2. The molecule has 130 valence electrons. The number of benzene rings is 2. The van der Waals surface area contributed by atoms with Crippen molar-refractivity contribution in [2.45, 2.75) is 25.8 Å². The number of aromatic amines is 1. The third-order valence-corrected chi connectivity index (χ3v) is 4.48. The van der Waals surface area contributed by atoms with Crippen molar-refractivity contribution >= 4 is 32.9 Å². The van der Waals surface area contributed by atoms with Crippen LogP contribution in [-0.2, 0) is 0 Å². The van der Waals surface area contributed by atoms with Crippen molar-refractivity contribution in [2.75, 3.05) is 0 Å². The maximum atomic E-state index is 12.7. The molecule has 1 amide bonds. The van der Waals surface area contributed by atoms with Gasteiger partial charge in [-0.25, -0.2) is 13.8 Å². The van der Waals surface area contributed by atoms with Gasteiger partial charge in [0.1, 0.15) is 0 Å². The van der Waals surface area contributed by atoms with Gasteiger partial charge in [0, 0.05) is 10.0 Å². The molecular formula is C18H16BrF2N3O. The van der Waals surface area contributed by atoms with Crippen molar-refractivity contribution in [3.8, 4) is 0 Å². The summed E-state index contributed by atoms with van der Waals surface area (Å²) in [5, 5.41) is 2.98. The number of hydrogen-bond donors (Lipinski definition) is 2. The smallest absolute Gasteiger partial charge is 0.295 e. The molecule has 3 rings (SSSR count). The number of H-pyrrole nitrogens is 1. The van der Waals surface area contributed by atoms with E-state index in [2.05, 4.69) is 31.2 Å². The van der Waals surface area contributed by atoms with Crippen molar-refractivity contribution in [1.82, 2.24) is 15.3 Å². The molecular weight excluding hydrogens is 392 g/mol. The zero-order valence-corrected chi connectivity index (χ0v) is 15.0. The van der Waals surface area contributed by atoms with Gasteiger partial charge in [0.05, 0.1) is 17.1 Å². The van der Waals surface area contributed by atoms with Crippen LogP contribution >= 0.6 is 15.9 Å². The molecule has 0 radical (unpaired) electrons. The van der Waals surface area contributed by atoms with E-state index in [-0.39, 0.29) is 11.9 Å². The second-order valence-corrected chi connectivity index (χ2v) is 6.56. The minimum atomic E-state index is -2.67. The van der Waals surface area contributed by atoms with Crippen LogP contribution in [0.1, 0.15) is 47.6 Å². The van der Waals surface area contributed by atoms with Crippen molar-refractivity contribution in [2.24, 2.45) is 0 Å². The highest BCUT2D eigenvalue weighted by atomic mass is 79.9. The number of carbonyl (C=O) groups excluding carboxylic acids is 1. The molecule has 1 aromatic heterocycles. The van der Waals surface area contributed by atoms with Gasteiger partial charge in [-0.1, -0.05) is 35.0 Å². The molecule has 3 aromatic rings. The maximum Gasteiger partial charge on any atom is 0.295 e. The summed E-state index contributed by atoms with van der Waals surface area (Å²) in [4.78, 5) is 18.9. The largest absolute Gasteiger partial charge is 0.345 e. The predicted octanol–water partition coefficient (Wildman–Crippen LogP) is 5.14. The molecule has 4 nitrogen and oxygen atoms in total. The van der Waals surface area contributed by atoms with E-state index in [9.17, 15) is 13.6 Å². The number of halogens is 3. The normalized spacial score (nSPS) is 12.5. The van der Waals surface area contributed by atoms with Crippen molar-refractivity contribution in [1.29, 1.82) is 0 Å². The Balaban J connectivity index is 1.81. The first kappa shape index (κ1) is 17.5. The van der Waals surface area contributed by atoms with Gasteiger partial charge in [0.2, 0.25) is 0 Å².